The number of unbranched alkanes of at least 4 members (excludes halogenated alkanes) is 6. The fourth-order valence-electron chi connectivity index (χ4n) is 7.33. The van der Waals surface area contributed by atoms with Gasteiger partial charge in [-0.15, -0.1) is 12.6 Å². The van der Waals surface area contributed by atoms with E-state index in [1.165, 1.54) is 42.3 Å². The number of carbonyl (C=O) groups is 1. The number of alkyl halides is 3. The molecule has 1 saturated carbocycles. The van der Waals surface area contributed by atoms with Crippen LogP contribution in [0.1, 0.15) is 99.8 Å². The van der Waals surface area contributed by atoms with Crippen LogP contribution in [0, 0.1) is 0 Å². The molecule has 5 nitrogen and oxygen atoms in total. The van der Waals surface area contributed by atoms with Crippen LogP contribution < -0.4 is 10.6 Å². The number of ether oxygens (including phenoxy) is 1. The van der Waals surface area contributed by atoms with E-state index in [0.29, 0.717) is 19.6 Å². The second-order valence-electron chi connectivity index (χ2n) is 13.8. The predicted octanol–water partition coefficient (Wildman–Crippen LogP) is 10.6. The van der Waals surface area contributed by atoms with Crippen molar-refractivity contribution in [2.45, 2.75) is 107 Å². The van der Waals surface area contributed by atoms with Crippen LogP contribution in [-0.2, 0) is 22.4 Å². The molecule has 0 atom stereocenters. The topological polar surface area (TPSA) is 71.3 Å². The smallest absolute Gasteiger partial charge is 0.378 e. The minimum absolute atomic E-state index is 0.171. The van der Waals surface area contributed by atoms with Crippen molar-refractivity contribution in [2.75, 3.05) is 31.2 Å². The third-order valence-electron chi connectivity index (χ3n) is 9.96. The second kappa shape index (κ2) is 18.7. The molecule has 0 spiro atoms. The van der Waals surface area contributed by atoms with Crippen LogP contribution in [0.2, 0.25) is 0 Å². The van der Waals surface area contributed by atoms with Crippen molar-refractivity contribution < 1.29 is 22.7 Å². The summed E-state index contributed by atoms with van der Waals surface area (Å²) in [6.07, 6.45) is 7.35. The molecule has 1 amide bonds. The molecule has 3 aromatic carbocycles. The zero-order valence-corrected chi connectivity index (χ0v) is 30.0. The molecule has 4 aromatic rings. The summed E-state index contributed by atoms with van der Waals surface area (Å²) < 4.78 is 42.3. The minimum Gasteiger partial charge on any atom is -0.378 e. The number of morpholine rings is 1. The Labute approximate surface area is 300 Å². The lowest BCUT2D eigenvalue weighted by atomic mass is 9.89. The summed E-state index contributed by atoms with van der Waals surface area (Å²) in [5.41, 5.74) is 13.6. The maximum atomic E-state index is 12.3. The standard InChI is InChI=1S/C28H37F3N2O2S.C13H15N/c29-28(30,31)12-7-5-3-1-2-4-6-9-21-17-23(33-13-15-35-16-14-33)19-25(26(21)20-27(32)34)22-10-8-11-24(36)18-22;1-2-6-10(5-1)13-9-11-7-3-4-8-12(11)14-13/h8,10-11,17-19,36H,1-7,9,12-16,20H2,(H2,32,34);3-4,7-10,14H,1-2,5-6H2. The van der Waals surface area contributed by atoms with Crippen molar-refractivity contribution >= 4 is 35.1 Å². The number of aromatic nitrogens is 1. The van der Waals surface area contributed by atoms with Crippen molar-refractivity contribution in [1.82, 2.24) is 4.98 Å². The highest BCUT2D eigenvalue weighted by Crippen LogP contribution is 2.36. The van der Waals surface area contributed by atoms with Gasteiger partial charge >= 0.3 is 6.18 Å². The highest BCUT2D eigenvalue weighted by atomic mass is 32.1. The first kappa shape index (κ1) is 37.8. The molecule has 1 saturated heterocycles. The molecule has 0 unspecified atom stereocenters. The number of amides is 1. The Morgan fingerprint density at radius 1 is 0.880 bits per heavy atom. The molecular weight excluding hydrogens is 656 g/mol. The van der Waals surface area contributed by atoms with Crippen LogP contribution in [-0.4, -0.2) is 43.4 Å². The Balaban J connectivity index is 0.000000284. The van der Waals surface area contributed by atoms with Crippen molar-refractivity contribution in [3.05, 3.63) is 83.6 Å². The molecule has 50 heavy (non-hydrogen) atoms. The van der Waals surface area contributed by atoms with Crippen molar-refractivity contribution in [3.8, 4) is 11.1 Å². The van der Waals surface area contributed by atoms with Crippen LogP contribution in [0.25, 0.3) is 22.0 Å². The van der Waals surface area contributed by atoms with Gasteiger partial charge in [0.15, 0.2) is 0 Å². The normalized spacial score (nSPS) is 15.3. The molecule has 2 aliphatic rings. The van der Waals surface area contributed by atoms with E-state index < -0.39 is 12.6 Å². The minimum atomic E-state index is -4.05. The Hall–Kier alpha value is -3.43. The number of nitrogens with zero attached hydrogens (tertiary/aromatic N) is 1. The van der Waals surface area contributed by atoms with Gasteiger partial charge in [-0.25, -0.2) is 0 Å². The summed E-state index contributed by atoms with van der Waals surface area (Å²) in [5, 5.41) is 1.36. The van der Waals surface area contributed by atoms with Gasteiger partial charge in [-0.1, -0.05) is 75.3 Å². The number of nitrogens with two attached hydrogens (primary N) is 1. The first-order valence-corrected chi connectivity index (χ1v) is 18.8. The number of hydrogen-bond acceptors (Lipinski definition) is 4. The number of para-hydroxylation sites is 1. The van der Waals surface area contributed by atoms with Gasteiger partial charge in [0.2, 0.25) is 5.91 Å². The number of anilines is 1. The number of rotatable bonds is 14. The number of carbonyl (C=O) groups excluding carboxylic acids is 1. The van der Waals surface area contributed by atoms with Gasteiger partial charge in [0.25, 0.3) is 0 Å². The van der Waals surface area contributed by atoms with Crippen LogP contribution in [0.4, 0.5) is 18.9 Å². The Kier molecular flexibility index (Phi) is 14.1. The molecule has 3 N–H and O–H groups in total. The summed E-state index contributed by atoms with van der Waals surface area (Å²) in [4.78, 5) is 18.7. The van der Waals surface area contributed by atoms with Gasteiger partial charge in [0, 0.05) is 41.3 Å². The van der Waals surface area contributed by atoms with Crippen LogP contribution >= 0.6 is 12.6 Å². The summed E-state index contributed by atoms with van der Waals surface area (Å²) in [6, 6.07) is 23.1. The van der Waals surface area contributed by atoms with Gasteiger partial charge in [-0.2, -0.15) is 13.2 Å². The third-order valence-corrected chi connectivity index (χ3v) is 10.2. The van der Waals surface area contributed by atoms with Crippen LogP contribution in [0.15, 0.2) is 71.6 Å². The van der Waals surface area contributed by atoms with E-state index in [1.807, 2.05) is 24.3 Å². The zero-order chi connectivity index (χ0) is 35.3. The number of aromatic amines is 1. The SMILES string of the molecule is NC(=O)Cc1c(CCCCCCCCCC(F)(F)F)cc(N2CCOCC2)cc1-c1cccc(S)c1.c1ccc2[nH]c(C3CCCC3)cc2c1. The molecule has 9 heteroatoms. The summed E-state index contributed by atoms with van der Waals surface area (Å²) in [6.45, 7) is 3.00. The number of H-pyrrole nitrogens is 1. The maximum Gasteiger partial charge on any atom is 0.389 e. The molecule has 0 bridgehead atoms. The van der Waals surface area contributed by atoms with E-state index >= 15 is 0 Å². The number of thiol groups is 1. The van der Waals surface area contributed by atoms with E-state index in [2.05, 4.69) is 65.0 Å². The summed E-state index contributed by atoms with van der Waals surface area (Å²) >= 11 is 4.51. The van der Waals surface area contributed by atoms with Crippen LogP contribution in [0.5, 0.6) is 0 Å². The second-order valence-corrected chi connectivity index (χ2v) is 14.3. The summed E-state index contributed by atoms with van der Waals surface area (Å²) in [5.74, 6) is 0.430. The van der Waals surface area contributed by atoms with Crippen molar-refractivity contribution in [1.29, 1.82) is 0 Å². The Bertz CT molecular complexity index is 1630. The molecule has 1 aliphatic heterocycles. The summed E-state index contributed by atoms with van der Waals surface area (Å²) in [7, 11) is 0. The van der Waals surface area contributed by atoms with E-state index in [-0.39, 0.29) is 18.7 Å². The molecule has 2 heterocycles. The molecule has 6 rings (SSSR count). The van der Waals surface area contributed by atoms with Gasteiger partial charge < -0.3 is 20.4 Å². The Morgan fingerprint density at radius 3 is 2.26 bits per heavy atom. The first-order valence-electron chi connectivity index (χ1n) is 18.4. The first-order chi connectivity index (χ1) is 24.2. The number of halogens is 3. The average Bonchev–Trinajstić information content (AvgIpc) is 3.79. The van der Waals surface area contributed by atoms with E-state index in [9.17, 15) is 18.0 Å². The van der Waals surface area contributed by atoms with Gasteiger partial charge in [-0.05, 0) is 102 Å². The third kappa shape index (κ3) is 11.6. The molecule has 1 aliphatic carbocycles. The van der Waals surface area contributed by atoms with Crippen LogP contribution in [0.3, 0.4) is 0 Å². The number of fused-ring (bicyclic) bond motifs is 1. The lowest BCUT2D eigenvalue weighted by Gasteiger charge is -2.30. The predicted molar refractivity (Wildman–Crippen MR) is 201 cm³/mol. The number of benzene rings is 3. The monoisotopic (exact) mass is 707 g/mol. The number of hydrogen-bond donors (Lipinski definition) is 3. The molecule has 1 aromatic heterocycles. The van der Waals surface area contributed by atoms with Crippen molar-refractivity contribution in [2.24, 2.45) is 5.73 Å². The zero-order valence-electron chi connectivity index (χ0n) is 29.1. The van der Waals surface area contributed by atoms with E-state index in [1.54, 1.807) is 0 Å². The Morgan fingerprint density at radius 2 is 1.58 bits per heavy atom. The molecule has 0 radical (unpaired) electrons. The quantitative estimate of drug-likeness (QED) is 0.0903. The molecule has 270 valence electrons. The maximum absolute atomic E-state index is 12.3. The fourth-order valence-corrected chi connectivity index (χ4v) is 7.56. The largest absolute Gasteiger partial charge is 0.389 e. The lowest BCUT2D eigenvalue weighted by Crippen LogP contribution is -2.36. The highest BCUT2D eigenvalue weighted by molar-refractivity contribution is 7.80. The molecule has 2 fully saturated rings. The molecular formula is C41H52F3N3O2S. The van der Waals surface area contributed by atoms with E-state index in [4.69, 9.17) is 10.5 Å². The number of primary amides is 1. The fraction of sp³-hybridized carbons (Fsp3) is 0.488. The average molecular weight is 708 g/mol. The van der Waals surface area contributed by atoms with Gasteiger partial charge in [0.1, 0.15) is 0 Å². The van der Waals surface area contributed by atoms with Gasteiger partial charge in [0.05, 0.1) is 19.6 Å². The lowest BCUT2D eigenvalue weighted by molar-refractivity contribution is -0.135. The number of nitrogens with one attached hydrogen (secondary N) is 1. The highest BCUT2D eigenvalue weighted by Gasteiger charge is 2.25. The van der Waals surface area contributed by atoms with Crippen molar-refractivity contribution in [3.63, 3.8) is 0 Å². The number of aryl methyl sites for hydroxylation is 1. The van der Waals surface area contributed by atoms with E-state index in [0.717, 1.165) is 90.4 Å². The van der Waals surface area contributed by atoms with Gasteiger partial charge in [-0.3, -0.25) is 4.79 Å².